The van der Waals surface area contributed by atoms with Crippen molar-refractivity contribution in [2.75, 3.05) is 0 Å². The van der Waals surface area contributed by atoms with Gasteiger partial charge in [0.05, 0.1) is 11.7 Å². The van der Waals surface area contributed by atoms with Crippen LogP contribution in [0.2, 0.25) is 0 Å². The molecule has 0 aliphatic rings. The second-order valence-corrected chi connectivity index (χ2v) is 15.7. The predicted octanol–water partition coefficient (Wildman–Crippen LogP) is 13.5. The van der Waals surface area contributed by atoms with Crippen LogP contribution in [0.25, 0.3) is 52.8 Å². The average Bonchev–Trinajstić information content (AvgIpc) is 3.85. The quantitative estimate of drug-likeness (QED) is 0.114. The maximum absolute atomic E-state index is 15.4. The van der Waals surface area contributed by atoms with Gasteiger partial charge in [-0.2, -0.15) is 8.75 Å². The first-order valence-corrected chi connectivity index (χ1v) is 19.2. The van der Waals surface area contributed by atoms with Crippen LogP contribution in [0.3, 0.4) is 0 Å². The molecule has 0 saturated heterocycles. The zero-order chi connectivity index (χ0) is 32.9. The molecule has 0 fully saturated rings. The molecule has 6 aromatic rings. The number of rotatable bonds is 14. The molecule has 244 valence electrons. The molecule has 0 saturated carbocycles. The maximum Gasteiger partial charge on any atom is 0.132 e. The molecule has 47 heavy (non-hydrogen) atoms. The van der Waals surface area contributed by atoms with Crippen molar-refractivity contribution >= 4 is 45.4 Å². The van der Waals surface area contributed by atoms with E-state index < -0.39 is 0 Å². The van der Waals surface area contributed by atoms with Crippen LogP contribution in [0, 0.1) is 23.5 Å². The Bertz CT molecular complexity index is 1950. The van der Waals surface area contributed by atoms with Crippen molar-refractivity contribution < 1.29 is 8.78 Å². The van der Waals surface area contributed by atoms with Gasteiger partial charge in [-0.25, -0.2) is 8.78 Å². The summed E-state index contributed by atoms with van der Waals surface area (Å²) in [6.45, 7) is 8.88. The number of hydrogen-bond donors (Lipinski definition) is 0. The largest absolute Gasteiger partial charge is 0.206 e. The second-order valence-electron chi connectivity index (χ2n) is 13.0. The highest BCUT2D eigenvalue weighted by atomic mass is 32.1. The molecule has 7 heteroatoms. The summed E-state index contributed by atoms with van der Waals surface area (Å²) >= 11 is 4.34. The third-order valence-electron chi connectivity index (χ3n) is 9.15. The molecular formula is C40H42F2N2S3. The van der Waals surface area contributed by atoms with Gasteiger partial charge >= 0.3 is 0 Å². The van der Waals surface area contributed by atoms with Crippen molar-refractivity contribution in [3.8, 4) is 41.8 Å². The van der Waals surface area contributed by atoms with Crippen LogP contribution in [-0.2, 0) is 12.8 Å². The molecule has 1 atom stereocenters. The van der Waals surface area contributed by atoms with E-state index >= 15 is 8.78 Å². The van der Waals surface area contributed by atoms with Gasteiger partial charge in [-0.3, -0.25) is 0 Å². The molecule has 0 N–H and O–H groups in total. The Morgan fingerprint density at radius 3 is 1.51 bits per heavy atom. The SMILES string of the molecule is CCCCC(CC)CCc1ccc(-c2ccc(-c3ccc(-c4ccc(-c5ccc(CCC(C)C)cc5F)s4)c4nsnc34)s2)c(F)c1. The number of aromatic nitrogens is 2. The minimum atomic E-state index is -0.178. The molecule has 0 amide bonds. The van der Waals surface area contributed by atoms with Crippen LogP contribution in [0.5, 0.6) is 0 Å². The van der Waals surface area contributed by atoms with E-state index in [0.717, 1.165) is 78.5 Å². The van der Waals surface area contributed by atoms with Crippen molar-refractivity contribution in [2.24, 2.45) is 11.8 Å². The molecule has 0 bridgehead atoms. The highest BCUT2D eigenvalue weighted by Gasteiger charge is 2.18. The number of nitrogens with zero attached hydrogens (tertiary/aromatic N) is 2. The zero-order valence-corrected chi connectivity index (χ0v) is 30.1. The summed E-state index contributed by atoms with van der Waals surface area (Å²) in [5, 5.41) is 0. The van der Waals surface area contributed by atoms with Gasteiger partial charge in [-0.1, -0.05) is 89.8 Å². The number of halogens is 2. The summed E-state index contributed by atoms with van der Waals surface area (Å²) < 4.78 is 39.9. The molecule has 0 aliphatic heterocycles. The lowest BCUT2D eigenvalue weighted by Crippen LogP contribution is -2.01. The third kappa shape index (κ3) is 7.74. The Kier molecular flexibility index (Phi) is 11.0. The van der Waals surface area contributed by atoms with Crippen LogP contribution in [-0.4, -0.2) is 8.75 Å². The molecule has 1 unspecified atom stereocenters. The lowest BCUT2D eigenvalue weighted by molar-refractivity contribution is 0.421. The number of benzene rings is 3. The van der Waals surface area contributed by atoms with E-state index in [1.54, 1.807) is 34.8 Å². The number of unbranched alkanes of at least 4 members (excludes halogenated alkanes) is 1. The first kappa shape index (κ1) is 33.6. The van der Waals surface area contributed by atoms with Crippen LogP contribution in [0.1, 0.15) is 77.3 Å². The van der Waals surface area contributed by atoms with E-state index in [1.165, 1.54) is 37.4 Å². The molecule has 3 heterocycles. The van der Waals surface area contributed by atoms with Crippen LogP contribution in [0.15, 0.2) is 72.8 Å². The van der Waals surface area contributed by atoms with Gasteiger partial charge in [0, 0.05) is 41.8 Å². The second kappa shape index (κ2) is 15.3. The van der Waals surface area contributed by atoms with Crippen molar-refractivity contribution in [1.29, 1.82) is 0 Å². The van der Waals surface area contributed by atoms with Gasteiger partial charge in [0.1, 0.15) is 22.7 Å². The van der Waals surface area contributed by atoms with E-state index in [-0.39, 0.29) is 11.6 Å². The van der Waals surface area contributed by atoms with Crippen LogP contribution in [0.4, 0.5) is 8.78 Å². The number of fused-ring (bicyclic) bond motifs is 1. The molecule has 2 nitrogen and oxygen atoms in total. The summed E-state index contributed by atoms with van der Waals surface area (Å²) in [5.41, 5.74) is 7.02. The summed E-state index contributed by atoms with van der Waals surface area (Å²) in [4.78, 5) is 3.85. The zero-order valence-electron chi connectivity index (χ0n) is 27.6. The Morgan fingerprint density at radius 1 is 0.596 bits per heavy atom. The Morgan fingerprint density at radius 2 is 1.06 bits per heavy atom. The van der Waals surface area contributed by atoms with Crippen molar-refractivity contribution in [3.63, 3.8) is 0 Å². The van der Waals surface area contributed by atoms with E-state index in [2.05, 4.69) is 60.7 Å². The average molecular weight is 685 g/mol. The first-order chi connectivity index (χ1) is 22.8. The molecule has 6 rings (SSSR count). The monoisotopic (exact) mass is 684 g/mol. The fourth-order valence-corrected chi connectivity index (χ4v) is 8.91. The standard InChI is InChI=1S/C40H42F2N2S3/c1-5-7-8-26(6-2)11-12-28-14-16-30(34(42)24-28)36-20-22-38(46-36)32-18-17-31(39-40(32)44-47-43-39)37-21-19-35(45-37)29-15-13-27(23-33(29)41)10-9-25(3)4/h13-26H,5-12H2,1-4H3. The number of aryl methyl sites for hydroxylation is 2. The van der Waals surface area contributed by atoms with E-state index in [4.69, 9.17) is 0 Å². The minimum Gasteiger partial charge on any atom is -0.206 e. The fraction of sp³-hybridized carbons (Fsp3) is 0.350. The van der Waals surface area contributed by atoms with Crippen LogP contribution >= 0.6 is 34.4 Å². The number of hydrogen-bond acceptors (Lipinski definition) is 5. The molecule has 0 spiro atoms. The first-order valence-electron chi connectivity index (χ1n) is 16.9. The maximum atomic E-state index is 15.4. The topological polar surface area (TPSA) is 25.8 Å². The van der Waals surface area contributed by atoms with E-state index in [1.807, 2.05) is 36.4 Å². The minimum absolute atomic E-state index is 0.163. The number of thiophene rings is 2. The Labute approximate surface area is 289 Å². The Hall–Kier alpha value is -3.26. The highest BCUT2D eigenvalue weighted by molar-refractivity contribution is 7.19. The van der Waals surface area contributed by atoms with Gasteiger partial charge in [0.25, 0.3) is 0 Å². The van der Waals surface area contributed by atoms with Gasteiger partial charge in [0.15, 0.2) is 0 Å². The van der Waals surface area contributed by atoms with Gasteiger partial charge in [0.2, 0.25) is 0 Å². The molecular weight excluding hydrogens is 643 g/mol. The van der Waals surface area contributed by atoms with Gasteiger partial charge < -0.3 is 0 Å². The summed E-state index contributed by atoms with van der Waals surface area (Å²) in [6.07, 6.45) is 8.90. The van der Waals surface area contributed by atoms with Gasteiger partial charge in [-0.05, 0) is 85.0 Å². The molecule has 3 aromatic carbocycles. The van der Waals surface area contributed by atoms with E-state index in [0.29, 0.717) is 23.0 Å². The predicted molar refractivity (Wildman–Crippen MR) is 200 cm³/mol. The normalized spacial score (nSPS) is 12.4. The highest BCUT2D eigenvalue weighted by Crippen LogP contribution is 2.43. The van der Waals surface area contributed by atoms with Crippen molar-refractivity contribution in [2.45, 2.75) is 79.1 Å². The lowest BCUT2D eigenvalue weighted by atomic mass is 9.92. The summed E-state index contributed by atoms with van der Waals surface area (Å²) in [7, 11) is 0. The molecule has 3 aromatic heterocycles. The van der Waals surface area contributed by atoms with E-state index in [9.17, 15) is 0 Å². The van der Waals surface area contributed by atoms with Crippen LogP contribution < -0.4 is 0 Å². The summed E-state index contributed by atoms with van der Waals surface area (Å²) in [6, 6.07) is 23.6. The third-order valence-corrected chi connectivity index (χ3v) is 12.0. The van der Waals surface area contributed by atoms with Crippen molar-refractivity contribution in [3.05, 3.63) is 95.6 Å². The fourth-order valence-electron chi connectivity index (χ4n) is 6.22. The van der Waals surface area contributed by atoms with Gasteiger partial charge in [-0.15, -0.1) is 22.7 Å². The molecule has 0 aliphatic carbocycles. The lowest BCUT2D eigenvalue weighted by Gasteiger charge is -2.14. The van der Waals surface area contributed by atoms with Crippen molar-refractivity contribution in [1.82, 2.24) is 8.75 Å². The smallest absolute Gasteiger partial charge is 0.132 e. The Balaban J connectivity index is 1.21. The summed E-state index contributed by atoms with van der Waals surface area (Å²) in [5.74, 6) is 0.959. The molecule has 0 radical (unpaired) electrons.